The van der Waals surface area contributed by atoms with Gasteiger partial charge in [0.15, 0.2) is 0 Å². The first-order chi connectivity index (χ1) is 12.6. The van der Waals surface area contributed by atoms with Crippen molar-refractivity contribution in [3.05, 3.63) is 24.3 Å². The fourth-order valence-corrected chi connectivity index (χ4v) is 4.67. The summed E-state index contributed by atoms with van der Waals surface area (Å²) in [5.41, 5.74) is 5.38. The van der Waals surface area contributed by atoms with Crippen molar-refractivity contribution in [3.63, 3.8) is 0 Å². The van der Waals surface area contributed by atoms with Crippen LogP contribution in [0.5, 0.6) is 0 Å². The summed E-state index contributed by atoms with van der Waals surface area (Å²) in [6, 6.07) is 7.83. The van der Waals surface area contributed by atoms with Gasteiger partial charge in [-0.3, -0.25) is 4.79 Å². The summed E-state index contributed by atoms with van der Waals surface area (Å²) in [6.07, 6.45) is 1.67. The second-order valence-electron chi connectivity index (χ2n) is 6.94. The van der Waals surface area contributed by atoms with Crippen LogP contribution in [-0.4, -0.2) is 65.4 Å². The van der Waals surface area contributed by atoms with Crippen molar-refractivity contribution in [2.75, 3.05) is 44.2 Å². The largest absolute Gasteiger partial charge is 0.352 e. The molecule has 3 amide bonds. The number of carbonyl (C=O) groups is 2. The smallest absolute Gasteiger partial charge is 0.314 e. The van der Waals surface area contributed by atoms with Gasteiger partial charge >= 0.3 is 6.03 Å². The summed E-state index contributed by atoms with van der Waals surface area (Å²) in [7, 11) is 0. The van der Waals surface area contributed by atoms with Gasteiger partial charge in [-0.05, 0) is 36.5 Å². The van der Waals surface area contributed by atoms with Crippen molar-refractivity contribution in [1.29, 1.82) is 0 Å². The second-order valence-corrected chi connectivity index (χ2v) is 7.74. The molecule has 1 aromatic carbocycles. The van der Waals surface area contributed by atoms with Crippen molar-refractivity contribution < 1.29 is 9.59 Å². The van der Waals surface area contributed by atoms with Crippen LogP contribution in [0.3, 0.4) is 0 Å². The van der Waals surface area contributed by atoms with Crippen molar-refractivity contribution in [1.82, 2.24) is 14.2 Å². The number of fused-ring (bicyclic) bond motifs is 1. The molecule has 0 unspecified atom stereocenters. The topological polar surface area (TPSA) is 82.8 Å². The van der Waals surface area contributed by atoms with Crippen LogP contribution >= 0.6 is 11.5 Å². The number of piperidine rings is 1. The minimum Gasteiger partial charge on any atom is -0.352 e. The van der Waals surface area contributed by atoms with E-state index in [2.05, 4.69) is 21.4 Å². The van der Waals surface area contributed by atoms with Crippen molar-refractivity contribution in [3.8, 4) is 0 Å². The van der Waals surface area contributed by atoms with Gasteiger partial charge in [-0.2, -0.15) is 4.37 Å². The molecule has 2 N–H and O–H groups in total. The molecule has 4 rings (SSSR count). The first-order valence-electron chi connectivity index (χ1n) is 9.06. The number of primary amides is 1. The molecule has 3 heterocycles. The molecule has 26 heavy (non-hydrogen) atoms. The van der Waals surface area contributed by atoms with Gasteiger partial charge in [0.1, 0.15) is 5.82 Å². The van der Waals surface area contributed by atoms with Crippen LogP contribution in [0.1, 0.15) is 12.8 Å². The molecule has 0 radical (unpaired) electrons. The molecule has 2 aliphatic rings. The van der Waals surface area contributed by atoms with Gasteiger partial charge in [-0.25, -0.2) is 4.79 Å². The lowest BCUT2D eigenvalue weighted by atomic mass is 9.96. The zero-order valence-corrected chi connectivity index (χ0v) is 15.5. The van der Waals surface area contributed by atoms with Gasteiger partial charge in [-0.1, -0.05) is 12.1 Å². The number of hydrogen-bond acceptors (Lipinski definition) is 5. The molecule has 1 aromatic heterocycles. The van der Waals surface area contributed by atoms with Crippen LogP contribution in [0, 0.1) is 5.92 Å². The maximum Gasteiger partial charge on any atom is 0.314 e. The van der Waals surface area contributed by atoms with E-state index in [1.54, 1.807) is 4.90 Å². The Bertz CT molecular complexity index is 815. The van der Waals surface area contributed by atoms with E-state index in [-0.39, 0.29) is 11.8 Å². The monoisotopic (exact) mass is 373 g/mol. The number of likely N-dealkylation sites (tertiary alicyclic amines) is 1. The van der Waals surface area contributed by atoms with E-state index in [0.29, 0.717) is 26.2 Å². The highest BCUT2D eigenvalue weighted by atomic mass is 32.1. The second kappa shape index (κ2) is 7.11. The number of carbonyl (C=O) groups excluding carboxylic acids is 2. The predicted molar refractivity (Wildman–Crippen MR) is 102 cm³/mol. The molecule has 2 fully saturated rings. The predicted octanol–water partition coefficient (Wildman–Crippen LogP) is 1.74. The Morgan fingerprint density at radius 1 is 1.08 bits per heavy atom. The number of urea groups is 1. The molecule has 8 heteroatoms. The molecule has 1 atom stereocenters. The first-order valence-corrected chi connectivity index (χ1v) is 9.83. The third kappa shape index (κ3) is 3.21. The molecule has 7 nitrogen and oxygen atoms in total. The lowest BCUT2D eigenvalue weighted by Gasteiger charge is -2.38. The number of nitrogens with zero attached hydrogens (tertiary/aromatic N) is 4. The lowest BCUT2D eigenvalue weighted by Crippen LogP contribution is -2.53. The van der Waals surface area contributed by atoms with E-state index in [0.717, 1.165) is 31.7 Å². The Morgan fingerprint density at radius 3 is 2.62 bits per heavy atom. The number of benzene rings is 1. The van der Waals surface area contributed by atoms with E-state index in [4.69, 9.17) is 5.73 Å². The molecule has 2 aliphatic heterocycles. The highest BCUT2D eigenvalue weighted by molar-refractivity contribution is 7.13. The van der Waals surface area contributed by atoms with Crippen LogP contribution in [0.25, 0.3) is 10.1 Å². The van der Waals surface area contributed by atoms with E-state index in [1.807, 2.05) is 17.0 Å². The van der Waals surface area contributed by atoms with E-state index in [1.165, 1.54) is 21.6 Å². The quantitative estimate of drug-likeness (QED) is 0.869. The van der Waals surface area contributed by atoms with Gasteiger partial charge in [-0.15, -0.1) is 0 Å². The Balaban J connectivity index is 1.39. The number of rotatable bonds is 2. The van der Waals surface area contributed by atoms with Gasteiger partial charge in [0, 0.05) is 44.7 Å². The fraction of sp³-hybridized carbons (Fsp3) is 0.500. The number of amides is 3. The number of hydrogen-bond donors (Lipinski definition) is 1. The van der Waals surface area contributed by atoms with Gasteiger partial charge in [0.05, 0.1) is 10.6 Å². The highest BCUT2D eigenvalue weighted by Gasteiger charge is 2.32. The zero-order chi connectivity index (χ0) is 18.1. The third-order valence-corrected chi connectivity index (χ3v) is 6.15. The van der Waals surface area contributed by atoms with Crippen LogP contribution in [0.4, 0.5) is 10.6 Å². The van der Waals surface area contributed by atoms with Gasteiger partial charge in [0.2, 0.25) is 5.91 Å². The lowest BCUT2D eigenvalue weighted by molar-refractivity contribution is -0.137. The van der Waals surface area contributed by atoms with E-state index < -0.39 is 6.03 Å². The normalized spacial score (nSPS) is 21.2. The SMILES string of the molecule is NC(=O)N1CCC[C@H](C(=O)N2CCN(c3nsc4ccccc34)CC2)C1. The summed E-state index contributed by atoms with van der Waals surface area (Å²) < 4.78 is 5.80. The average Bonchev–Trinajstić information content (AvgIpc) is 3.12. The molecular formula is C18H23N5O2S. The Kier molecular flexibility index (Phi) is 4.67. The summed E-state index contributed by atoms with van der Waals surface area (Å²) in [5, 5.41) is 1.18. The van der Waals surface area contributed by atoms with Gasteiger partial charge in [0.25, 0.3) is 0 Å². The Morgan fingerprint density at radius 2 is 1.85 bits per heavy atom. The minimum atomic E-state index is -0.428. The van der Waals surface area contributed by atoms with Crippen molar-refractivity contribution >= 4 is 39.4 Å². The molecule has 0 saturated carbocycles. The van der Waals surface area contributed by atoms with Crippen LogP contribution < -0.4 is 10.6 Å². The molecule has 2 aromatic rings. The Hall–Kier alpha value is -2.35. The number of anilines is 1. The summed E-state index contributed by atoms with van der Waals surface area (Å²) in [5.74, 6) is 1.05. The van der Waals surface area contributed by atoms with Gasteiger partial charge < -0.3 is 20.4 Å². The van der Waals surface area contributed by atoms with Crippen LogP contribution in [0.15, 0.2) is 24.3 Å². The standard InChI is InChI=1S/C18H23N5O2S/c19-18(25)23-7-3-4-13(12-23)17(24)22-10-8-21(9-11-22)16-14-5-1-2-6-15(14)26-20-16/h1-2,5-6,13H,3-4,7-12H2,(H2,19,25)/t13-/m0/s1. The summed E-state index contributed by atoms with van der Waals surface area (Å²) >= 11 is 1.52. The van der Waals surface area contributed by atoms with Crippen molar-refractivity contribution in [2.45, 2.75) is 12.8 Å². The fourth-order valence-electron chi connectivity index (χ4n) is 3.88. The number of piperazine rings is 1. The average molecular weight is 373 g/mol. The molecule has 0 bridgehead atoms. The number of aromatic nitrogens is 1. The number of nitrogens with two attached hydrogens (primary N) is 1. The molecule has 2 saturated heterocycles. The Labute approximate surface area is 156 Å². The first kappa shape index (κ1) is 17.1. The summed E-state index contributed by atoms with van der Waals surface area (Å²) in [4.78, 5) is 30.0. The molecule has 0 spiro atoms. The highest BCUT2D eigenvalue weighted by Crippen LogP contribution is 2.30. The van der Waals surface area contributed by atoms with Crippen LogP contribution in [-0.2, 0) is 4.79 Å². The van der Waals surface area contributed by atoms with E-state index in [9.17, 15) is 9.59 Å². The maximum atomic E-state index is 12.8. The molecule has 0 aliphatic carbocycles. The molecular weight excluding hydrogens is 350 g/mol. The van der Waals surface area contributed by atoms with Crippen LogP contribution in [0.2, 0.25) is 0 Å². The van der Waals surface area contributed by atoms with Crippen molar-refractivity contribution in [2.24, 2.45) is 11.7 Å². The minimum absolute atomic E-state index is 0.122. The van der Waals surface area contributed by atoms with E-state index >= 15 is 0 Å². The third-order valence-electron chi connectivity index (χ3n) is 5.33. The summed E-state index contributed by atoms with van der Waals surface area (Å²) in [6.45, 7) is 4.06. The zero-order valence-electron chi connectivity index (χ0n) is 14.6. The molecule has 138 valence electrons. The maximum absolute atomic E-state index is 12.8.